The number of sulfone groups is 1. The number of carbonyl (C=O) groups is 1. The molecular formula is C20H21N3O4S2. The number of thiazole rings is 1. The lowest BCUT2D eigenvalue weighted by Gasteiger charge is -2.10. The Morgan fingerprint density at radius 2 is 1.90 bits per heavy atom. The Labute approximate surface area is 173 Å². The fraction of sp³-hybridized carbons (Fsp3) is 0.200. The minimum absolute atomic E-state index is 0.127. The molecule has 0 aliphatic rings. The Kier molecular flexibility index (Phi) is 6.19. The van der Waals surface area contributed by atoms with Crippen LogP contribution in [0.5, 0.6) is 5.75 Å². The van der Waals surface area contributed by atoms with Crippen LogP contribution in [-0.4, -0.2) is 32.7 Å². The predicted molar refractivity (Wildman–Crippen MR) is 115 cm³/mol. The molecule has 0 spiro atoms. The molecule has 0 saturated heterocycles. The van der Waals surface area contributed by atoms with Crippen molar-refractivity contribution in [1.82, 2.24) is 4.98 Å². The quantitative estimate of drug-likeness (QED) is 0.591. The van der Waals surface area contributed by atoms with E-state index in [1.165, 1.54) is 29.7 Å². The monoisotopic (exact) mass is 431 g/mol. The molecule has 1 aromatic heterocycles. The summed E-state index contributed by atoms with van der Waals surface area (Å²) in [7, 11) is -1.67. The van der Waals surface area contributed by atoms with Crippen molar-refractivity contribution >= 4 is 43.6 Å². The largest absolute Gasteiger partial charge is 0.495 e. The van der Waals surface area contributed by atoms with Crippen molar-refractivity contribution in [2.24, 2.45) is 0 Å². The second-order valence-corrected chi connectivity index (χ2v) is 9.37. The molecule has 0 fully saturated rings. The van der Waals surface area contributed by atoms with Gasteiger partial charge >= 0.3 is 0 Å². The number of amides is 1. The summed E-state index contributed by atoms with van der Waals surface area (Å²) in [5.74, 6) is 0.408. The molecule has 0 aliphatic carbocycles. The Bertz CT molecular complexity index is 1120. The van der Waals surface area contributed by atoms with Crippen LogP contribution in [0.2, 0.25) is 0 Å². The minimum Gasteiger partial charge on any atom is -0.495 e. The van der Waals surface area contributed by atoms with Crippen LogP contribution in [0.4, 0.5) is 16.5 Å². The second kappa shape index (κ2) is 8.62. The zero-order chi connectivity index (χ0) is 21.0. The SMILES string of the molecule is COc1ccc(C)cc1NC(=O)Cc1csc(Nc2ccc(S(C)(=O)=O)cc2)n1. The van der Waals surface area contributed by atoms with E-state index in [4.69, 9.17) is 4.74 Å². The minimum atomic E-state index is -3.23. The normalized spacial score (nSPS) is 11.1. The zero-order valence-corrected chi connectivity index (χ0v) is 17.9. The summed E-state index contributed by atoms with van der Waals surface area (Å²) in [6.07, 6.45) is 1.29. The predicted octanol–water partition coefficient (Wildman–Crippen LogP) is 3.79. The number of hydrogen-bond acceptors (Lipinski definition) is 7. The maximum Gasteiger partial charge on any atom is 0.230 e. The number of carbonyl (C=O) groups excluding carboxylic acids is 1. The molecule has 2 aromatic carbocycles. The summed E-state index contributed by atoms with van der Waals surface area (Å²) >= 11 is 1.37. The van der Waals surface area contributed by atoms with E-state index in [0.29, 0.717) is 27.9 Å². The van der Waals surface area contributed by atoms with Gasteiger partial charge in [-0.25, -0.2) is 13.4 Å². The molecule has 1 heterocycles. The molecule has 29 heavy (non-hydrogen) atoms. The third kappa shape index (κ3) is 5.55. The molecule has 0 bridgehead atoms. The van der Waals surface area contributed by atoms with Gasteiger partial charge in [0.15, 0.2) is 15.0 Å². The highest BCUT2D eigenvalue weighted by Crippen LogP contribution is 2.26. The van der Waals surface area contributed by atoms with E-state index in [0.717, 1.165) is 5.56 Å². The summed E-state index contributed by atoms with van der Waals surface area (Å²) in [5.41, 5.74) is 2.99. The number of nitrogens with one attached hydrogen (secondary N) is 2. The first-order valence-electron chi connectivity index (χ1n) is 8.70. The average molecular weight is 432 g/mol. The first-order valence-corrected chi connectivity index (χ1v) is 11.5. The van der Waals surface area contributed by atoms with Gasteiger partial charge in [-0.15, -0.1) is 11.3 Å². The molecule has 0 saturated carbocycles. The fourth-order valence-corrected chi connectivity index (χ4v) is 3.99. The van der Waals surface area contributed by atoms with Gasteiger partial charge in [-0.05, 0) is 48.9 Å². The van der Waals surface area contributed by atoms with Crippen LogP contribution >= 0.6 is 11.3 Å². The Morgan fingerprint density at radius 1 is 1.17 bits per heavy atom. The number of rotatable bonds is 7. The van der Waals surface area contributed by atoms with Crippen molar-refractivity contribution in [3.63, 3.8) is 0 Å². The van der Waals surface area contributed by atoms with Crippen LogP contribution in [0.25, 0.3) is 0 Å². The molecule has 7 nitrogen and oxygen atoms in total. The summed E-state index contributed by atoms with van der Waals surface area (Å²) in [6.45, 7) is 1.94. The first-order chi connectivity index (χ1) is 13.7. The van der Waals surface area contributed by atoms with Gasteiger partial charge in [0, 0.05) is 17.3 Å². The van der Waals surface area contributed by atoms with Crippen molar-refractivity contribution in [2.45, 2.75) is 18.2 Å². The lowest BCUT2D eigenvalue weighted by molar-refractivity contribution is -0.115. The molecule has 2 N–H and O–H groups in total. The lowest BCUT2D eigenvalue weighted by Crippen LogP contribution is -2.15. The summed E-state index contributed by atoms with van der Waals surface area (Å²) in [6, 6.07) is 12.0. The van der Waals surface area contributed by atoms with Crippen LogP contribution in [0.15, 0.2) is 52.7 Å². The lowest BCUT2D eigenvalue weighted by atomic mass is 10.2. The highest BCUT2D eigenvalue weighted by Gasteiger charge is 2.12. The number of aryl methyl sites for hydroxylation is 1. The van der Waals surface area contributed by atoms with Gasteiger partial charge in [0.25, 0.3) is 0 Å². The maximum atomic E-state index is 12.4. The van der Waals surface area contributed by atoms with Crippen molar-refractivity contribution in [3.8, 4) is 5.75 Å². The van der Waals surface area contributed by atoms with Crippen LogP contribution in [0.1, 0.15) is 11.3 Å². The molecule has 0 unspecified atom stereocenters. The molecule has 152 valence electrons. The van der Waals surface area contributed by atoms with Crippen molar-refractivity contribution in [1.29, 1.82) is 0 Å². The maximum absolute atomic E-state index is 12.4. The number of methoxy groups -OCH3 is 1. The van der Waals surface area contributed by atoms with Crippen LogP contribution in [0, 0.1) is 6.92 Å². The van der Waals surface area contributed by atoms with Crippen molar-refractivity contribution in [2.75, 3.05) is 24.0 Å². The summed E-state index contributed by atoms with van der Waals surface area (Å²) in [4.78, 5) is 17.1. The molecule has 1 amide bonds. The van der Waals surface area contributed by atoms with Crippen molar-refractivity contribution < 1.29 is 17.9 Å². The number of hydrogen-bond donors (Lipinski definition) is 2. The molecule has 0 radical (unpaired) electrons. The zero-order valence-electron chi connectivity index (χ0n) is 16.2. The van der Waals surface area contributed by atoms with Gasteiger partial charge in [0.2, 0.25) is 5.91 Å². The van der Waals surface area contributed by atoms with Gasteiger partial charge in [-0.3, -0.25) is 4.79 Å². The smallest absolute Gasteiger partial charge is 0.230 e. The highest BCUT2D eigenvalue weighted by atomic mass is 32.2. The van der Waals surface area contributed by atoms with Gasteiger partial charge in [-0.2, -0.15) is 0 Å². The Morgan fingerprint density at radius 3 is 2.55 bits per heavy atom. The standard InChI is InChI=1S/C20H21N3O4S2/c1-13-4-9-18(27-2)17(10-13)23-19(24)11-15-12-28-20(22-15)21-14-5-7-16(8-6-14)29(3,25)26/h4-10,12H,11H2,1-3H3,(H,21,22)(H,23,24). The summed E-state index contributed by atoms with van der Waals surface area (Å²) < 4.78 is 28.3. The molecule has 3 aromatic rings. The van der Waals surface area contributed by atoms with E-state index >= 15 is 0 Å². The topological polar surface area (TPSA) is 97.4 Å². The molecule has 3 rings (SSSR count). The van der Waals surface area contributed by atoms with Crippen LogP contribution in [-0.2, 0) is 21.1 Å². The number of aromatic nitrogens is 1. The van der Waals surface area contributed by atoms with E-state index < -0.39 is 9.84 Å². The van der Waals surface area contributed by atoms with Crippen molar-refractivity contribution in [3.05, 3.63) is 59.1 Å². The number of nitrogens with zero attached hydrogens (tertiary/aromatic N) is 1. The van der Waals surface area contributed by atoms with E-state index in [1.807, 2.05) is 25.1 Å². The highest BCUT2D eigenvalue weighted by molar-refractivity contribution is 7.90. The second-order valence-electron chi connectivity index (χ2n) is 6.49. The van der Waals surface area contributed by atoms with Gasteiger partial charge in [-0.1, -0.05) is 6.07 Å². The Hall–Kier alpha value is -2.91. The first kappa shape index (κ1) is 20.8. The molecule has 0 atom stereocenters. The third-order valence-corrected chi connectivity index (χ3v) is 5.99. The number of benzene rings is 2. The van der Waals surface area contributed by atoms with E-state index in [1.54, 1.807) is 24.6 Å². The van der Waals surface area contributed by atoms with Gasteiger partial charge in [0.1, 0.15) is 5.75 Å². The van der Waals surface area contributed by atoms with E-state index in [2.05, 4.69) is 15.6 Å². The fourth-order valence-electron chi connectivity index (χ4n) is 2.63. The average Bonchev–Trinajstić information content (AvgIpc) is 3.08. The van der Waals surface area contributed by atoms with Gasteiger partial charge < -0.3 is 15.4 Å². The number of ether oxygens (including phenoxy) is 1. The summed E-state index contributed by atoms with van der Waals surface area (Å²) in [5, 5.41) is 8.39. The van der Waals surface area contributed by atoms with Crippen LogP contribution in [0.3, 0.4) is 0 Å². The van der Waals surface area contributed by atoms with Crippen LogP contribution < -0.4 is 15.4 Å². The molecular weight excluding hydrogens is 410 g/mol. The van der Waals surface area contributed by atoms with E-state index in [-0.39, 0.29) is 17.2 Å². The van der Waals surface area contributed by atoms with Gasteiger partial charge in [0.05, 0.1) is 29.8 Å². The Balaban J connectivity index is 1.63. The molecule has 9 heteroatoms. The van der Waals surface area contributed by atoms with E-state index in [9.17, 15) is 13.2 Å². The molecule has 0 aliphatic heterocycles. The number of anilines is 3. The third-order valence-electron chi connectivity index (χ3n) is 4.06.